The van der Waals surface area contributed by atoms with Crippen molar-refractivity contribution in [3.63, 3.8) is 0 Å². The second-order valence-corrected chi connectivity index (χ2v) is 3.48. The molecule has 0 aliphatic heterocycles. The molecule has 4 nitrogen and oxygen atoms in total. The predicted molar refractivity (Wildman–Crippen MR) is 44.5 cm³/mol. The number of aryl methyl sites for hydroxylation is 2. The Labute approximate surface area is 75.6 Å². The number of hydrogen-bond acceptors (Lipinski definition) is 3. The van der Waals surface area contributed by atoms with Crippen LogP contribution in [0.15, 0.2) is 4.42 Å². The number of carboxylic acids is 1. The van der Waals surface area contributed by atoms with E-state index in [-0.39, 0.29) is 11.8 Å². The highest BCUT2D eigenvalue weighted by atomic mass is 16.4. The van der Waals surface area contributed by atoms with Gasteiger partial charge < -0.3 is 9.52 Å². The zero-order chi connectivity index (χ0) is 9.59. The van der Waals surface area contributed by atoms with Crippen LogP contribution in [0.5, 0.6) is 0 Å². The van der Waals surface area contributed by atoms with E-state index in [1.807, 2.05) is 13.8 Å². The molecule has 1 aliphatic rings. The van der Waals surface area contributed by atoms with Crippen molar-refractivity contribution in [2.75, 3.05) is 0 Å². The van der Waals surface area contributed by atoms with Crippen molar-refractivity contribution in [2.24, 2.45) is 5.92 Å². The van der Waals surface area contributed by atoms with E-state index >= 15 is 0 Å². The lowest BCUT2D eigenvalue weighted by molar-refractivity contribution is -0.138. The van der Waals surface area contributed by atoms with E-state index in [2.05, 4.69) is 4.98 Å². The Balaban J connectivity index is 2.16. The monoisotopic (exact) mass is 181 g/mol. The minimum absolute atomic E-state index is 0.00454. The average Bonchev–Trinajstić information content (AvgIpc) is 2.76. The maximum Gasteiger partial charge on any atom is 0.307 e. The molecule has 2 atom stereocenters. The fourth-order valence-electron chi connectivity index (χ4n) is 1.40. The lowest BCUT2D eigenvalue weighted by Crippen LogP contribution is -1.98. The van der Waals surface area contributed by atoms with E-state index in [1.165, 1.54) is 0 Å². The number of hydrogen-bond donors (Lipinski definition) is 1. The Morgan fingerprint density at radius 1 is 1.62 bits per heavy atom. The molecule has 0 spiro atoms. The van der Waals surface area contributed by atoms with Gasteiger partial charge in [0.1, 0.15) is 5.76 Å². The lowest BCUT2D eigenvalue weighted by atomic mass is 10.3. The van der Waals surface area contributed by atoms with Crippen molar-refractivity contribution in [2.45, 2.75) is 26.2 Å². The standard InChI is InChI=1S/C9H11NO3/c1-4-5(2)13-8(10-4)6-3-7(6)9(11)12/h6-7H,3H2,1-2H3,(H,11,12). The first-order valence-electron chi connectivity index (χ1n) is 4.26. The summed E-state index contributed by atoms with van der Waals surface area (Å²) in [6.45, 7) is 3.70. The van der Waals surface area contributed by atoms with Crippen LogP contribution in [-0.2, 0) is 4.79 Å². The molecule has 0 amide bonds. The van der Waals surface area contributed by atoms with Gasteiger partial charge in [-0.15, -0.1) is 0 Å². The number of carbonyl (C=O) groups is 1. The molecular weight excluding hydrogens is 170 g/mol. The molecule has 0 radical (unpaired) electrons. The highest BCUT2D eigenvalue weighted by molar-refractivity contribution is 5.74. The van der Waals surface area contributed by atoms with Crippen molar-refractivity contribution in [1.82, 2.24) is 4.98 Å². The first-order chi connectivity index (χ1) is 6.09. The molecule has 1 aromatic heterocycles. The molecule has 13 heavy (non-hydrogen) atoms. The maximum atomic E-state index is 10.6. The predicted octanol–water partition coefficient (Wildman–Crippen LogP) is 1.48. The quantitative estimate of drug-likeness (QED) is 0.750. The highest BCUT2D eigenvalue weighted by Crippen LogP contribution is 2.47. The lowest BCUT2D eigenvalue weighted by Gasteiger charge is -1.88. The molecule has 2 rings (SSSR count). The normalized spacial score (nSPS) is 26.0. The van der Waals surface area contributed by atoms with E-state index in [9.17, 15) is 4.79 Å². The van der Waals surface area contributed by atoms with E-state index in [4.69, 9.17) is 9.52 Å². The molecule has 1 heterocycles. The first-order valence-corrected chi connectivity index (χ1v) is 4.26. The summed E-state index contributed by atoms with van der Waals surface area (Å²) in [5.41, 5.74) is 0.853. The van der Waals surface area contributed by atoms with Crippen LogP contribution in [0.4, 0.5) is 0 Å². The van der Waals surface area contributed by atoms with Crippen LogP contribution in [0.25, 0.3) is 0 Å². The smallest absolute Gasteiger partial charge is 0.307 e. The number of oxazole rings is 1. The average molecular weight is 181 g/mol. The van der Waals surface area contributed by atoms with Crippen molar-refractivity contribution in [3.8, 4) is 0 Å². The third kappa shape index (κ3) is 1.32. The first kappa shape index (κ1) is 8.29. The largest absolute Gasteiger partial charge is 0.481 e. The van der Waals surface area contributed by atoms with E-state index in [0.29, 0.717) is 12.3 Å². The van der Waals surface area contributed by atoms with Gasteiger partial charge in [0.05, 0.1) is 11.6 Å². The molecule has 0 saturated heterocycles. The van der Waals surface area contributed by atoms with Gasteiger partial charge in [-0.25, -0.2) is 4.98 Å². The molecule has 2 unspecified atom stereocenters. The Morgan fingerprint density at radius 3 is 2.69 bits per heavy atom. The fraction of sp³-hybridized carbons (Fsp3) is 0.556. The fourth-order valence-corrected chi connectivity index (χ4v) is 1.40. The van der Waals surface area contributed by atoms with Crippen LogP contribution in [0, 0.1) is 19.8 Å². The Hall–Kier alpha value is -1.32. The highest BCUT2D eigenvalue weighted by Gasteiger charge is 2.47. The summed E-state index contributed by atoms with van der Waals surface area (Å²) in [6, 6.07) is 0. The van der Waals surface area contributed by atoms with Gasteiger partial charge in [0.15, 0.2) is 5.89 Å². The van der Waals surface area contributed by atoms with E-state index in [0.717, 1.165) is 11.5 Å². The third-order valence-corrected chi connectivity index (χ3v) is 2.47. The summed E-state index contributed by atoms with van der Waals surface area (Å²) in [5.74, 6) is 0.342. The van der Waals surface area contributed by atoms with Crippen molar-refractivity contribution in [1.29, 1.82) is 0 Å². The van der Waals surface area contributed by atoms with Crippen LogP contribution < -0.4 is 0 Å². The van der Waals surface area contributed by atoms with Crippen LogP contribution >= 0.6 is 0 Å². The number of rotatable bonds is 2. The second-order valence-electron chi connectivity index (χ2n) is 3.48. The molecule has 0 aromatic carbocycles. The summed E-state index contributed by atoms with van der Waals surface area (Å²) in [4.78, 5) is 14.7. The SMILES string of the molecule is Cc1nc(C2CC2C(=O)O)oc1C. The molecule has 1 aliphatic carbocycles. The van der Waals surface area contributed by atoms with E-state index < -0.39 is 5.97 Å². The molecule has 1 saturated carbocycles. The van der Waals surface area contributed by atoms with Crippen LogP contribution in [0.3, 0.4) is 0 Å². The minimum atomic E-state index is -0.751. The van der Waals surface area contributed by atoms with Gasteiger partial charge in [0.25, 0.3) is 0 Å². The van der Waals surface area contributed by atoms with Gasteiger partial charge in [-0.1, -0.05) is 0 Å². The molecule has 1 N–H and O–H groups in total. The zero-order valence-corrected chi connectivity index (χ0v) is 7.57. The Morgan fingerprint density at radius 2 is 2.31 bits per heavy atom. The van der Waals surface area contributed by atoms with Gasteiger partial charge >= 0.3 is 5.97 Å². The molecule has 1 fully saturated rings. The minimum Gasteiger partial charge on any atom is -0.481 e. The molecule has 0 bridgehead atoms. The molecule has 4 heteroatoms. The van der Waals surface area contributed by atoms with Crippen LogP contribution in [-0.4, -0.2) is 16.1 Å². The van der Waals surface area contributed by atoms with Gasteiger partial charge in [-0.05, 0) is 20.3 Å². The maximum absolute atomic E-state index is 10.6. The number of carboxylic acid groups (broad SMARTS) is 1. The number of aliphatic carboxylic acids is 1. The molecule has 70 valence electrons. The van der Waals surface area contributed by atoms with Crippen LogP contribution in [0.2, 0.25) is 0 Å². The topological polar surface area (TPSA) is 63.3 Å². The zero-order valence-electron chi connectivity index (χ0n) is 7.57. The van der Waals surface area contributed by atoms with Gasteiger partial charge in [0.2, 0.25) is 0 Å². The number of aromatic nitrogens is 1. The summed E-state index contributed by atoms with van der Waals surface area (Å²) in [7, 11) is 0. The second kappa shape index (κ2) is 2.58. The van der Waals surface area contributed by atoms with Crippen molar-refractivity contribution < 1.29 is 14.3 Å². The summed E-state index contributed by atoms with van der Waals surface area (Å²) < 4.78 is 5.34. The van der Waals surface area contributed by atoms with Crippen LogP contribution in [0.1, 0.15) is 29.7 Å². The summed E-state index contributed by atoms with van der Waals surface area (Å²) in [6.07, 6.45) is 0.661. The van der Waals surface area contributed by atoms with Crippen molar-refractivity contribution >= 4 is 5.97 Å². The summed E-state index contributed by atoms with van der Waals surface area (Å²) in [5, 5.41) is 8.69. The Bertz CT molecular complexity index is 336. The van der Waals surface area contributed by atoms with Gasteiger partial charge in [0, 0.05) is 5.92 Å². The Kier molecular flexibility index (Phi) is 1.65. The third-order valence-electron chi connectivity index (χ3n) is 2.47. The van der Waals surface area contributed by atoms with Gasteiger partial charge in [-0.3, -0.25) is 4.79 Å². The van der Waals surface area contributed by atoms with Gasteiger partial charge in [-0.2, -0.15) is 0 Å². The van der Waals surface area contributed by atoms with Crippen molar-refractivity contribution in [3.05, 3.63) is 17.3 Å². The molecule has 1 aromatic rings. The summed E-state index contributed by atoms with van der Waals surface area (Å²) >= 11 is 0. The number of nitrogens with zero attached hydrogens (tertiary/aromatic N) is 1. The van der Waals surface area contributed by atoms with E-state index in [1.54, 1.807) is 0 Å². The molecular formula is C9H11NO3.